The fourth-order valence-electron chi connectivity index (χ4n) is 1.39. The van der Waals surface area contributed by atoms with Gasteiger partial charge < -0.3 is 15.8 Å². The highest BCUT2D eigenvalue weighted by atomic mass is 35.5. The third kappa shape index (κ3) is 4.63. The summed E-state index contributed by atoms with van der Waals surface area (Å²) >= 11 is 5.97. The first-order valence-electron chi connectivity index (χ1n) is 5.37. The minimum atomic E-state index is -0.130. The van der Waals surface area contributed by atoms with Crippen LogP contribution in [-0.4, -0.2) is 19.1 Å². The highest BCUT2D eigenvalue weighted by Crippen LogP contribution is 2.24. The van der Waals surface area contributed by atoms with Crippen LogP contribution in [0.4, 0.5) is 0 Å². The molecule has 1 rings (SSSR count). The van der Waals surface area contributed by atoms with Gasteiger partial charge in [0, 0.05) is 19.0 Å². The standard InChI is InChI=1S/C12H17ClN2O2/c1-8(14)5-12(16)15-7-9-3-4-11(17-2)10(13)6-9/h3-4,6,8H,5,7,14H2,1-2H3,(H,15,16). The molecule has 0 spiro atoms. The van der Waals surface area contributed by atoms with E-state index in [0.717, 1.165) is 5.56 Å². The Morgan fingerprint density at radius 3 is 2.82 bits per heavy atom. The second-order valence-electron chi connectivity index (χ2n) is 3.93. The number of ether oxygens (including phenoxy) is 1. The van der Waals surface area contributed by atoms with Crippen LogP contribution in [-0.2, 0) is 11.3 Å². The summed E-state index contributed by atoms with van der Waals surface area (Å²) < 4.78 is 5.04. The van der Waals surface area contributed by atoms with Crippen LogP contribution in [0, 0.1) is 0 Å². The molecule has 0 aliphatic carbocycles. The van der Waals surface area contributed by atoms with Crippen LogP contribution in [0.25, 0.3) is 0 Å². The van der Waals surface area contributed by atoms with Crippen LogP contribution in [0.1, 0.15) is 18.9 Å². The van der Waals surface area contributed by atoms with Crippen LogP contribution in [0.15, 0.2) is 18.2 Å². The van der Waals surface area contributed by atoms with E-state index >= 15 is 0 Å². The predicted octanol–water partition coefficient (Wildman–Crippen LogP) is 1.70. The summed E-state index contributed by atoms with van der Waals surface area (Å²) in [5, 5.41) is 3.31. The highest BCUT2D eigenvalue weighted by Gasteiger charge is 2.06. The molecule has 0 fully saturated rings. The molecule has 0 saturated heterocycles. The van der Waals surface area contributed by atoms with Crippen molar-refractivity contribution in [3.63, 3.8) is 0 Å². The largest absolute Gasteiger partial charge is 0.495 e. The molecule has 1 amide bonds. The summed E-state index contributed by atoms with van der Waals surface area (Å²) in [5.74, 6) is 0.560. The molecule has 1 aromatic carbocycles. The van der Waals surface area contributed by atoms with Gasteiger partial charge in [-0.25, -0.2) is 0 Å². The number of carbonyl (C=O) groups excluding carboxylic acids is 1. The number of carbonyl (C=O) groups is 1. The maximum absolute atomic E-state index is 11.4. The predicted molar refractivity (Wildman–Crippen MR) is 68.1 cm³/mol. The summed E-state index contributed by atoms with van der Waals surface area (Å²) in [6.07, 6.45) is 0.323. The van der Waals surface area contributed by atoms with Gasteiger partial charge in [-0.2, -0.15) is 0 Å². The second-order valence-corrected chi connectivity index (χ2v) is 4.33. The lowest BCUT2D eigenvalue weighted by Gasteiger charge is -2.09. The summed E-state index contributed by atoms with van der Waals surface area (Å²) in [6.45, 7) is 2.24. The van der Waals surface area contributed by atoms with E-state index in [2.05, 4.69) is 5.32 Å². The summed E-state index contributed by atoms with van der Waals surface area (Å²) in [7, 11) is 1.56. The third-order valence-corrected chi connectivity index (χ3v) is 2.51. The molecule has 0 aliphatic rings. The first-order valence-corrected chi connectivity index (χ1v) is 5.75. The Balaban J connectivity index is 2.52. The minimum absolute atomic E-state index is 0.0630. The van der Waals surface area contributed by atoms with E-state index in [0.29, 0.717) is 23.7 Å². The minimum Gasteiger partial charge on any atom is -0.495 e. The van der Waals surface area contributed by atoms with Crippen molar-refractivity contribution in [2.45, 2.75) is 25.9 Å². The fraction of sp³-hybridized carbons (Fsp3) is 0.417. The van der Waals surface area contributed by atoms with Gasteiger partial charge in [0.1, 0.15) is 5.75 Å². The third-order valence-electron chi connectivity index (χ3n) is 2.21. The van der Waals surface area contributed by atoms with Crippen molar-refractivity contribution in [2.24, 2.45) is 5.73 Å². The van der Waals surface area contributed by atoms with Crippen LogP contribution in [0.5, 0.6) is 5.75 Å². The van der Waals surface area contributed by atoms with Crippen LogP contribution >= 0.6 is 11.6 Å². The van der Waals surface area contributed by atoms with Crippen molar-refractivity contribution in [2.75, 3.05) is 7.11 Å². The van der Waals surface area contributed by atoms with Crippen molar-refractivity contribution >= 4 is 17.5 Å². The van der Waals surface area contributed by atoms with Gasteiger partial charge in [0.2, 0.25) is 5.91 Å². The second kappa shape index (κ2) is 6.47. The van der Waals surface area contributed by atoms with Gasteiger partial charge in [0.15, 0.2) is 0 Å². The lowest BCUT2D eigenvalue weighted by molar-refractivity contribution is -0.121. The van der Waals surface area contributed by atoms with Gasteiger partial charge in [-0.15, -0.1) is 0 Å². The van der Waals surface area contributed by atoms with E-state index < -0.39 is 0 Å². The Morgan fingerprint density at radius 2 is 2.29 bits per heavy atom. The van der Waals surface area contributed by atoms with E-state index in [1.165, 1.54) is 0 Å². The number of benzene rings is 1. The van der Waals surface area contributed by atoms with Crippen molar-refractivity contribution in [1.82, 2.24) is 5.32 Å². The zero-order valence-corrected chi connectivity index (χ0v) is 10.8. The number of nitrogens with two attached hydrogens (primary N) is 1. The van der Waals surface area contributed by atoms with Gasteiger partial charge >= 0.3 is 0 Å². The molecule has 0 saturated carbocycles. The lowest BCUT2D eigenvalue weighted by Crippen LogP contribution is -2.29. The van der Waals surface area contributed by atoms with Crippen molar-refractivity contribution in [3.8, 4) is 5.75 Å². The first-order chi connectivity index (χ1) is 8.02. The smallest absolute Gasteiger partial charge is 0.221 e. The molecule has 3 N–H and O–H groups in total. The van der Waals surface area contributed by atoms with Gasteiger partial charge in [0.25, 0.3) is 0 Å². The average Bonchev–Trinajstić information content (AvgIpc) is 2.25. The van der Waals surface area contributed by atoms with E-state index in [1.54, 1.807) is 26.2 Å². The molecule has 0 heterocycles. The Kier molecular flexibility index (Phi) is 5.25. The molecule has 1 unspecified atom stereocenters. The highest BCUT2D eigenvalue weighted by molar-refractivity contribution is 6.32. The van der Waals surface area contributed by atoms with Crippen LogP contribution in [0.3, 0.4) is 0 Å². The molecular weight excluding hydrogens is 240 g/mol. The van der Waals surface area contributed by atoms with Crippen molar-refractivity contribution in [1.29, 1.82) is 0 Å². The van der Waals surface area contributed by atoms with Crippen molar-refractivity contribution < 1.29 is 9.53 Å². The van der Waals surface area contributed by atoms with E-state index in [1.807, 2.05) is 6.07 Å². The quantitative estimate of drug-likeness (QED) is 0.843. The molecule has 0 aliphatic heterocycles. The molecular formula is C12H17ClN2O2. The number of methoxy groups -OCH3 is 1. The normalized spacial score (nSPS) is 12.0. The molecule has 0 aromatic heterocycles. The van der Waals surface area contributed by atoms with E-state index in [4.69, 9.17) is 22.1 Å². The van der Waals surface area contributed by atoms with Crippen LogP contribution in [0.2, 0.25) is 5.02 Å². The molecule has 1 atom stereocenters. The Labute approximate surface area is 106 Å². The average molecular weight is 257 g/mol. The van der Waals surface area contributed by atoms with Crippen molar-refractivity contribution in [3.05, 3.63) is 28.8 Å². The van der Waals surface area contributed by atoms with E-state index in [-0.39, 0.29) is 11.9 Å². The molecule has 5 heteroatoms. The van der Waals surface area contributed by atoms with E-state index in [9.17, 15) is 4.79 Å². The van der Waals surface area contributed by atoms with Crippen LogP contribution < -0.4 is 15.8 Å². The topological polar surface area (TPSA) is 64.3 Å². The maximum Gasteiger partial charge on any atom is 0.221 e. The first kappa shape index (κ1) is 13.8. The summed E-state index contributed by atoms with van der Waals surface area (Å²) in [6, 6.07) is 5.27. The molecule has 0 bridgehead atoms. The molecule has 17 heavy (non-hydrogen) atoms. The van der Waals surface area contributed by atoms with Gasteiger partial charge in [-0.3, -0.25) is 4.79 Å². The SMILES string of the molecule is COc1ccc(CNC(=O)CC(C)N)cc1Cl. The van der Waals surface area contributed by atoms with Gasteiger partial charge in [0.05, 0.1) is 12.1 Å². The Hall–Kier alpha value is -1.26. The monoisotopic (exact) mass is 256 g/mol. The zero-order chi connectivity index (χ0) is 12.8. The van der Waals surface area contributed by atoms with Gasteiger partial charge in [-0.1, -0.05) is 17.7 Å². The molecule has 1 aromatic rings. The lowest BCUT2D eigenvalue weighted by atomic mass is 10.2. The molecule has 0 radical (unpaired) electrons. The number of amides is 1. The summed E-state index contributed by atoms with van der Waals surface area (Å²) in [5.41, 5.74) is 6.45. The summed E-state index contributed by atoms with van der Waals surface area (Å²) in [4.78, 5) is 11.4. The number of hydrogen-bond acceptors (Lipinski definition) is 3. The number of hydrogen-bond donors (Lipinski definition) is 2. The number of nitrogens with one attached hydrogen (secondary N) is 1. The zero-order valence-electron chi connectivity index (χ0n) is 10.00. The molecule has 94 valence electrons. The number of rotatable bonds is 5. The number of halogens is 1. The Bertz CT molecular complexity index is 394. The molecule has 4 nitrogen and oxygen atoms in total. The fourth-order valence-corrected chi connectivity index (χ4v) is 1.67. The maximum atomic E-state index is 11.4. The Morgan fingerprint density at radius 1 is 1.59 bits per heavy atom. The van der Waals surface area contributed by atoms with Gasteiger partial charge in [-0.05, 0) is 24.6 Å².